The first-order chi connectivity index (χ1) is 19.4. The van der Waals surface area contributed by atoms with Crippen molar-refractivity contribution in [2.45, 2.75) is 69.2 Å². The number of alkyl halides is 2. The molecule has 0 aliphatic heterocycles. The highest BCUT2D eigenvalue weighted by atomic mass is 19.1. The standard InChI is InChI=1S/C32H40F2N2O4/c1-3-29(31(37,19-33)24-10-8-21-13-15-39-27(21)17-24)36-14-12-26-16-23-9-11-25(18-28(23)40-26)32(38,20-34)30(35-4-2)22-6-5-7-22/h8-11,13,15-18,22,29-30,35-38H,3-7,12,14,19-20H2,1-2H3. The van der Waals surface area contributed by atoms with E-state index in [1.165, 1.54) is 0 Å². The molecule has 1 fully saturated rings. The first-order valence-electron chi connectivity index (χ1n) is 14.4. The van der Waals surface area contributed by atoms with E-state index in [4.69, 9.17) is 8.83 Å². The van der Waals surface area contributed by atoms with Gasteiger partial charge in [-0.2, -0.15) is 0 Å². The zero-order valence-electron chi connectivity index (χ0n) is 23.3. The molecule has 8 heteroatoms. The van der Waals surface area contributed by atoms with Crippen LogP contribution in [0, 0.1) is 5.92 Å². The summed E-state index contributed by atoms with van der Waals surface area (Å²) in [7, 11) is 0. The number of nitrogens with one attached hydrogen (secondary N) is 2. The van der Waals surface area contributed by atoms with Crippen molar-refractivity contribution in [3.8, 4) is 0 Å². The van der Waals surface area contributed by atoms with E-state index in [9.17, 15) is 19.0 Å². The molecule has 5 rings (SSSR count). The van der Waals surface area contributed by atoms with Crippen LogP contribution >= 0.6 is 0 Å². The maximum Gasteiger partial charge on any atom is 0.134 e. The zero-order valence-corrected chi connectivity index (χ0v) is 23.3. The molecule has 0 amide bonds. The Kier molecular flexibility index (Phi) is 8.61. The largest absolute Gasteiger partial charge is 0.464 e. The molecule has 1 aliphatic rings. The van der Waals surface area contributed by atoms with Gasteiger partial charge in [0.05, 0.1) is 6.26 Å². The van der Waals surface area contributed by atoms with E-state index in [2.05, 4.69) is 10.6 Å². The molecule has 1 aliphatic carbocycles. The van der Waals surface area contributed by atoms with Crippen molar-refractivity contribution in [3.05, 3.63) is 71.7 Å². The molecule has 2 aromatic carbocycles. The van der Waals surface area contributed by atoms with E-state index in [0.29, 0.717) is 54.0 Å². The van der Waals surface area contributed by atoms with Crippen LogP contribution in [-0.2, 0) is 17.6 Å². The number of benzene rings is 2. The summed E-state index contributed by atoms with van der Waals surface area (Å²) in [6.45, 7) is 3.15. The molecule has 4 aromatic rings. The summed E-state index contributed by atoms with van der Waals surface area (Å²) in [4.78, 5) is 0. The fourth-order valence-corrected chi connectivity index (χ4v) is 6.15. The number of halogens is 2. The fourth-order valence-electron chi connectivity index (χ4n) is 6.15. The summed E-state index contributed by atoms with van der Waals surface area (Å²) in [5, 5.41) is 31.3. The molecule has 2 heterocycles. The molecule has 216 valence electrons. The summed E-state index contributed by atoms with van der Waals surface area (Å²) >= 11 is 0. The second-order valence-corrected chi connectivity index (χ2v) is 11.1. The molecule has 0 saturated heterocycles. The van der Waals surface area contributed by atoms with Gasteiger partial charge in [-0.1, -0.05) is 44.5 Å². The Morgan fingerprint density at radius 2 is 1.60 bits per heavy atom. The first kappa shape index (κ1) is 28.7. The van der Waals surface area contributed by atoms with Crippen LogP contribution in [0.15, 0.2) is 63.6 Å². The molecule has 0 spiro atoms. The van der Waals surface area contributed by atoms with Gasteiger partial charge in [-0.15, -0.1) is 0 Å². The molecule has 40 heavy (non-hydrogen) atoms. The summed E-state index contributed by atoms with van der Waals surface area (Å²) < 4.78 is 40.3. The Hall–Kier alpha value is -2.78. The lowest BCUT2D eigenvalue weighted by molar-refractivity contribution is -0.0550. The summed E-state index contributed by atoms with van der Waals surface area (Å²) in [5.41, 5.74) is -1.18. The van der Waals surface area contributed by atoms with Gasteiger partial charge in [0.1, 0.15) is 41.5 Å². The topological polar surface area (TPSA) is 90.8 Å². The molecular weight excluding hydrogens is 514 g/mol. The summed E-state index contributed by atoms with van der Waals surface area (Å²) in [6, 6.07) is 13.5. The average molecular weight is 555 g/mol. The van der Waals surface area contributed by atoms with Gasteiger partial charge in [-0.25, -0.2) is 8.78 Å². The smallest absolute Gasteiger partial charge is 0.134 e. The van der Waals surface area contributed by atoms with Gasteiger partial charge in [0, 0.05) is 35.8 Å². The lowest BCUT2D eigenvalue weighted by Crippen LogP contribution is -2.55. The van der Waals surface area contributed by atoms with Crippen LogP contribution in [-0.4, -0.2) is 48.7 Å². The zero-order chi connectivity index (χ0) is 28.3. The third-order valence-corrected chi connectivity index (χ3v) is 8.74. The van der Waals surface area contributed by atoms with Crippen molar-refractivity contribution in [3.63, 3.8) is 0 Å². The predicted octanol–water partition coefficient (Wildman–Crippen LogP) is 5.88. The van der Waals surface area contributed by atoms with Crippen LogP contribution in [0.25, 0.3) is 21.9 Å². The van der Waals surface area contributed by atoms with Crippen LogP contribution in [0.1, 0.15) is 56.4 Å². The number of likely N-dealkylation sites (N-methyl/N-ethyl adjacent to an activating group) is 1. The SMILES string of the molecule is CCNC(C1CCC1)C(O)(CF)c1ccc2cc(CCNC(CC)C(O)(CF)c3ccc4ccoc4c3)oc2c1. The Morgan fingerprint density at radius 3 is 2.25 bits per heavy atom. The van der Waals surface area contributed by atoms with Gasteiger partial charge in [0.25, 0.3) is 0 Å². The van der Waals surface area contributed by atoms with E-state index in [0.717, 1.165) is 30.0 Å². The van der Waals surface area contributed by atoms with Crippen molar-refractivity contribution >= 4 is 21.9 Å². The normalized spacial score (nSPS) is 18.9. The molecule has 0 radical (unpaired) electrons. The van der Waals surface area contributed by atoms with Gasteiger partial charge in [-0.3, -0.25) is 0 Å². The molecule has 6 nitrogen and oxygen atoms in total. The lowest BCUT2D eigenvalue weighted by Gasteiger charge is -2.43. The fraction of sp³-hybridized carbons (Fsp3) is 0.500. The monoisotopic (exact) mass is 554 g/mol. The number of furan rings is 2. The van der Waals surface area contributed by atoms with E-state index in [-0.39, 0.29) is 12.0 Å². The molecular formula is C32H40F2N2O4. The third-order valence-electron chi connectivity index (χ3n) is 8.74. The predicted molar refractivity (Wildman–Crippen MR) is 153 cm³/mol. The third kappa shape index (κ3) is 5.30. The van der Waals surface area contributed by atoms with Crippen molar-refractivity contribution in [2.24, 2.45) is 5.92 Å². The molecule has 4 atom stereocenters. The van der Waals surface area contributed by atoms with E-state index in [1.807, 2.05) is 38.1 Å². The lowest BCUT2D eigenvalue weighted by atomic mass is 9.71. The molecule has 4 N–H and O–H groups in total. The number of aliphatic hydroxyl groups is 2. The maximum absolute atomic E-state index is 14.4. The second-order valence-electron chi connectivity index (χ2n) is 11.1. The quantitative estimate of drug-likeness (QED) is 0.156. The summed E-state index contributed by atoms with van der Waals surface area (Å²) in [6.07, 6.45) is 5.65. The molecule has 4 unspecified atom stereocenters. The second kappa shape index (κ2) is 12.0. The Bertz CT molecular complexity index is 1420. The molecule has 2 aromatic heterocycles. The van der Waals surface area contributed by atoms with Gasteiger partial charge < -0.3 is 29.7 Å². The first-order valence-corrected chi connectivity index (χ1v) is 14.4. The number of hydrogen-bond acceptors (Lipinski definition) is 6. The minimum Gasteiger partial charge on any atom is -0.464 e. The minimum absolute atomic E-state index is 0.241. The van der Waals surface area contributed by atoms with Gasteiger partial charge in [0.15, 0.2) is 0 Å². The maximum atomic E-state index is 14.4. The number of hydrogen-bond donors (Lipinski definition) is 4. The van der Waals surface area contributed by atoms with Crippen molar-refractivity contribution in [1.29, 1.82) is 0 Å². The minimum atomic E-state index is -1.71. The van der Waals surface area contributed by atoms with Gasteiger partial charge in [0.2, 0.25) is 0 Å². The highest BCUT2D eigenvalue weighted by Crippen LogP contribution is 2.40. The average Bonchev–Trinajstić information content (AvgIpc) is 3.59. The van der Waals surface area contributed by atoms with Gasteiger partial charge in [-0.05, 0) is 67.1 Å². The van der Waals surface area contributed by atoms with E-state index >= 15 is 0 Å². The van der Waals surface area contributed by atoms with Crippen LogP contribution in [0.2, 0.25) is 0 Å². The Morgan fingerprint density at radius 1 is 0.900 bits per heavy atom. The molecule has 1 saturated carbocycles. The highest BCUT2D eigenvalue weighted by Gasteiger charge is 2.45. The van der Waals surface area contributed by atoms with Crippen LogP contribution in [0.5, 0.6) is 0 Å². The van der Waals surface area contributed by atoms with E-state index in [1.54, 1.807) is 30.5 Å². The van der Waals surface area contributed by atoms with E-state index < -0.39 is 30.6 Å². The van der Waals surface area contributed by atoms with Crippen molar-refractivity contribution < 1.29 is 27.8 Å². The Labute approximate surface area is 233 Å². The summed E-state index contributed by atoms with van der Waals surface area (Å²) in [5.74, 6) is 0.950. The van der Waals surface area contributed by atoms with Crippen LogP contribution in [0.3, 0.4) is 0 Å². The van der Waals surface area contributed by atoms with Crippen LogP contribution in [0.4, 0.5) is 8.78 Å². The number of rotatable bonds is 14. The number of fused-ring (bicyclic) bond motifs is 2. The molecule has 0 bridgehead atoms. The van der Waals surface area contributed by atoms with Crippen LogP contribution < -0.4 is 10.6 Å². The van der Waals surface area contributed by atoms with Gasteiger partial charge >= 0.3 is 0 Å². The van der Waals surface area contributed by atoms with Crippen molar-refractivity contribution in [1.82, 2.24) is 10.6 Å². The van der Waals surface area contributed by atoms with Crippen molar-refractivity contribution in [2.75, 3.05) is 26.4 Å². The Balaban J connectivity index is 1.29. The highest BCUT2D eigenvalue weighted by molar-refractivity contribution is 5.79.